The second kappa shape index (κ2) is 6.45. The summed E-state index contributed by atoms with van der Waals surface area (Å²) >= 11 is 6.14. The van der Waals surface area contributed by atoms with E-state index in [4.69, 9.17) is 21.1 Å². The fourth-order valence-electron chi connectivity index (χ4n) is 1.80. The number of methoxy groups -OCH3 is 2. The summed E-state index contributed by atoms with van der Waals surface area (Å²) in [7, 11) is 3.16. The van der Waals surface area contributed by atoms with Crippen LogP contribution in [0.4, 0.5) is 0 Å². The van der Waals surface area contributed by atoms with Gasteiger partial charge in [-0.25, -0.2) is 0 Å². The van der Waals surface area contributed by atoms with Crippen molar-refractivity contribution in [2.75, 3.05) is 14.2 Å². The van der Waals surface area contributed by atoms with Crippen molar-refractivity contribution >= 4 is 11.6 Å². The maximum atomic E-state index is 6.14. The van der Waals surface area contributed by atoms with Crippen molar-refractivity contribution in [3.05, 3.63) is 40.7 Å². The zero-order valence-corrected chi connectivity index (χ0v) is 11.6. The lowest BCUT2D eigenvalue weighted by Crippen LogP contribution is -2.13. The van der Waals surface area contributed by atoms with Crippen molar-refractivity contribution in [2.45, 2.75) is 13.1 Å². The van der Waals surface area contributed by atoms with E-state index in [2.05, 4.69) is 15.5 Å². The van der Waals surface area contributed by atoms with E-state index in [9.17, 15) is 0 Å². The molecule has 2 rings (SSSR count). The first kappa shape index (κ1) is 13.7. The van der Waals surface area contributed by atoms with Gasteiger partial charge in [-0.3, -0.25) is 5.10 Å². The van der Waals surface area contributed by atoms with E-state index in [-0.39, 0.29) is 0 Å². The van der Waals surface area contributed by atoms with Crippen LogP contribution in [0.2, 0.25) is 5.02 Å². The van der Waals surface area contributed by atoms with Crippen molar-refractivity contribution in [1.82, 2.24) is 15.5 Å². The Morgan fingerprint density at radius 3 is 2.74 bits per heavy atom. The van der Waals surface area contributed by atoms with Crippen molar-refractivity contribution < 1.29 is 9.47 Å². The first-order chi connectivity index (χ1) is 9.24. The predicted octanol–water partition coefficient (Wildman–Crippen LogP) is 2.37. The van der Waals surface area contributed by atoms with Crippen LogP contribution in [0, 0.1) is 0 Å². The molecule has 5 nitrogen and oxygen atoms in total. The van der Waals surface area contributed by atoms with Gasteiger partial charge in [0.1, 0.15) is 0 Å². The highest BCUT2D eigenvalue weighted by molar-refractivity contribution is 6.32. The minimum Gasteiger partial charge on any atom is -0.493 e. The van der Waals surface area contributed by atoms with Gasteiger partial charge in [-0.15, -0.1) is 0 Å². The third kappa shape index (κ3) is 3.39. The Bertz CT molecular complexity index is 529. The fourth-order valence-corrected chi connectivity index (χ4v) is 2.11. The third-order valence-corrected chi connectivity index (χ3v) is 2.98. The monoisotopic (exact) mass is 281 g/mol. The smallest absolute Gasteiger partial charge is 0.179 e. The Balaban J connectivity index is 2.02. The van der Waals surface area contributed by atoms with E-state index >= 15 is 0 Å². The van der Waals surface area contributed by atoms with Gasteiger partial charge in [0, 0.05) is 25.0 Å². The number of benzene rings is 1. The Morgan fingerprint density at radius 2 is 2.11 bits per heavy atom. The van der Waals surface area contributed by atoms with Crippen molar-refractivity contribution in [2.24, 2.45) is 0 Å². The number of H-pyrrole nitrogens is 1. The summed E-state index contributed by atoms with van der Waals surface area (Å²) in [5.41, 5.74) is 2.06. The summed E-state index contributed by atoms with van der Waals surface area (Å²) < 4.78 is 10.5. The molecule has 6 heteroatoms. The summed E-state index contributed by atoms with van der Waals surface area (Å²) in [6, 6.07) is 5.70. The van der Waals surface area contributed by atoms with Gasteiger partial charge in [0.25, 0.3) is 0 Å². The van der Waals surface area contributed by atoms with Gasteiger partial charge in [0.05, 0.1) is 19.2 Å². The second-order valence-corrected chi connectivity index (χ2v) is 4.41. The Labute approximate surface area is 116 Å². The highest BCUT2D eigenvalue weighted by Crippen LogP contribution is 2.35. The van der Waals surface area contributed by atoms with Gasteiger partial charge in [0.2, 0.25) is 0 Å². The first-order valence-electron chi connectivity index (χ1n) is 5.84. The topological polar surface area (TPSA) is 59.2 Å². The highest BCUT2D eigenvalue weighted by atomic mass is 35.5. The summed E-state index contributed by atoms with van der Waals surface area (Å²) in [5.74, 6) is 1.19. The number of aromatic nitrogens is 2. The lowest BCUT2D eigenvalue weighted by atomic mass is 10.2. The molecule has 1 heterocycles. The summed E-state index contributed by atoms with van der Waals surface area (Å²) in [4.78, 5) is 0. The normalized spacial score (nSPS) is 10.5. The van der Waals surface area contributed by atoms with Crippen LogP contribution < -0.4 is 14.8 Å². The molecule has 0 amide bonds. The van der Waals surface area contributed by atoms with Crippen LogP contribution >= 0.6 is 11.6 Å². The van der Waals surface area contributed by atoms with E-state index in [1.54, 1.807) is 20.4 Å². The highest BCUT2D eigenvalue weighted by Gasteiger charge is 2.10. The second-order valence-electron chi connectivity index (χ2n) is 4.00. The largest absolute Gasteiger partial charge is 0.493 e. The SMILES string of the molecule is COc1cc(CNCc2ccn[nH]2)cc(Cl)c1OC. The molecule has 0 aliphatic rings. The number of aromatic amines is 1. The summed E-state index contributed by atoms with van der Waals surface area (Å²) in [6.07, 6.45) is 1.73. The van der Waals surface area contributed by atoms with Gasteiger partial charge in [0.15, 0.2) is 11.5 Å². The molecule has 0 atom stereocenters. The van der Waals surface area contributed by atoms with E-state index < -0.39 is 0 Å². The van der Waals surface area contributed by atoms with Crippen LogP contribution in [0.1, 0.15) is 11.3 Å². The van der Waals surface area contributed by atoms with Crippen LogP contribution in [0.15, 0.2) is 24.4 Å². The number of hydrogen-bond donors (Lipinski definition) is 2. The van der Waals surface area contributed by atoms with Crippen LogP contribution in [-0.4, -0.2) is 24.4 Å². The maximum Gasteiger partial charge on any atom is 0.179 e. The zero-order valence-electron chi connectivity index (χ0n) is 10.9. The maximum absolute atomic E-state index is 6.14. The molecule has 2 N–H and O–H groups in total. The number of nitrogens with zero attached hydrogens (tertiary/aromatic N) is 1. The molecular weight excluding hydrogens is 266 g/mol. The number of ether oxygens (including phenoxy) is 2. The van der Waals surface area contributed by atoms with Crippen LogP contribution in [0.25, 0.3) is 0 Å². The number of nitrogens with one attached hydrogen (secondary N) is 2. The average Bonchev–Trinajstić information content (AvgIpc) is 2.91. The van der Waals surface area contributed by atoms with Gasteiger partial charge >= 0.3 is 0 Å². The Hall–Kier alpha value is -1.72. The molecule has 0 saturated heterocycles. The van der Waals surface area contributed by atoms with Crippen LogP contribution in [0.3, 0.4) is 0 Å². The Kier molecular flexibility index (Phi) is 4.65. The predicted molar refractivity (Wildman–Crippen MR) is 73.7 cm³/mol. The average molecular weight is 282 g/mol. The molecule has 0 fully saturated rings. The van der Waals surface area contributed by atoms with Crippen molar-refractivity contribution in [3.8, 4) is 11.5 Å². The molecule has 0 unspecified atom stereocenters. The molecule has 0 aliphatic heterocycles. The van der Waals surface area contributed by atoms with Gasteiger partial charge in [-0.2, -0.15) is 5.10 Å². The molecule has 0 radical (unpaired) electrons. The summed E-state index contributed by atoms with van der Waals surface area (Å²) in [5, 5.41) is 10.6. The van der Waals surface area contributed by atoms with Gasteiger partial charge in [-0.05, 0) is 23.8 Å². The van der Waals surface area contributed by atoms with Gasteiger partial charge < -0.3 is 14.8 Å². The molecule has 0 spiro atoms. The molecule has 0 aliphatic carbocycles. The quantitative estimate of drug-likeness (QED) is 0.853. The molecule has 1 aromatic heterocycles. The van der Waals surface area contributed by atoms with E-state index in [1.165, 1.54) is 0 Å². The molecular formula is C13H16ClN3O2. The lowest BCUT2D eigenvalue weighted by molar-refractivity contribution is 0.354. The fraction of sp³-hybridized carbons (Fsp3) is 0.308. The minimum atomic E-state index is 0.542. The lowest BCUT2D eigenvalue weighted by Gasteiger charge is -2.12. The molecule has 19 heavy (non-hydrogen) atoms. The zero-order chi connectivity index (χ0) is 13.7. The van der Waals surface area contributed by atoms with E-state index in [1.807, 2.05) is 18.2 Å². The number of hydrogen-bond acceptors (Lipinski definition) is 4. The first-order valence-corrected chi connectivity index (χ1v) is 6.21. The molecule has 2 aromatic rings. The van der Waals surface area contributed by atoms with Crippen LogP contribution in [-0.2, 0) is 13.1 Å². The number of rotatable bonds is 6. The van der Waals surface area contributed by atoms with Gasteiger partial charge in [-0.1, -0.05) is 11.6 Å². The molecule has 0 saturated carbocycles. The minimum absolute atomic E-state index is 0.542. The van der Waals surface area contributed by atoms with Crippen LogP contribution in [0.5, 0.6) is 11.5 Å². The number of halogens is 1. The van der Waals surface area contributed by atoms with E-state index in [0.717, 1.165) is 11.3 Å². The summed E-state index contributed by atoms with van der Waals surface area (Å²) in [6.45, 7) is 1.39. The standard InChI is InChI=1S/C13H16ClN3O2/c1-18-12-6-9(5-11(14)13(12)19-2)7-15-8-10-3-4-16-17-10/h3-6,15H,7-8H2,1-2H3,(H,16,17). The molecule has 102 valence electrons. The molecule has 1 aromatic carbocycles. The van der Waals surface area contributed by atoms with Crippen molar-refractivity contribution in [3.63, 3.8) is 0 Å². The van der Waals surface area contributed by atoms with E-state index in [0.29, 0.717) is 29.6 Å². The molecule has 0 bridgehead atoms. The van der Waals surface area contributed by atoms with Crippen molar-refractivity contribution in [1.29, 1.82) is 0 Å². The Morgan fingerprint density at radius 1 is 1.26 bits per heavy atom. The third-order valence-electron chi connectivity index (χ3n) is 2.70.